The predicted octanol–water partition coefficient (Wildman–Crippen LogP) is 6.53. The van der Waals surface area contributed by atoms with E-state index in [9.17, 15) is 18.0 Å². The Balaban J connectivity index is 1.42. The minimum absolute atomic E-state index is 0.251. The molecule has 2 aromatic heterocycles. The highest BCUT2D eigenvalue weighted by molar-refractivity contribution is 7.98. The second kappa shape index (κ2) is 11.2. The van der Waals surface area contributed by atoms with Crippen LogP contribution in [0.3, 0.4) is 0 Å². The van der Waals surface area contributed by atoms with Gasteiger partial charge in [0.25, 0.3) is 0 Å². The largest absolute Gasteiger partial charge is 0.438 e. The molecule has 4 rings (SSSR count). The first kappa shape index (κ1) is 25.8. The van der Waals surface area contributed by atoms with Gasteiger partial charge in [0.15, 0.2) is 0 Å². The van der Waals surface area contributed by atoms with Crippen LogP contribution in [0.1, 0.15) is 11.1 Å². The van der Waals surface area contributed by atoms with Crippen LogP contribution in [0.15, 0.2) is 78.0 Å². The molecule has 0 saturated heterocycles. The Hall–Kier alpha value is -4.32. The third-order valence-corrected chi connectivity index (χ3v) is 5.77. The number of hydrogen-bond acceptors (Lipinski definition) is 7. The first-order valence-electron chi connectivity index (χ1n) is 10.9. The molecular formula is C25H21F3N6O2S. The maximum Gasteiger partial charge on any atom is 0.416 e. The number of aryl methyl sites for hydroxylation is 1. The van der Waals surface area contributed by atoms with Gasteiger partial charge in [-0.05, 0) is 79.0 Å². The predicted molar refractivity (Wildman–Crippen MR) is 136 cm³/mol. The number of pyridine rings is 1. The Bertz CT molecular complexity index is 1420. The second-order valence-electron chi connectivity index (χ2n) is 7.64. The summed E-state index contributed by atoms with van der Waals surface area (Å²) in [5.74, 6) is 1.33. The van der Waals surface area contributed by atoms with Gasteiger partial charge in [-0.15, -0.1) is 0 Å². The van der Waals surface area contributed by atoms with Crippen molar-refractivity contribution in [1.29, 1.82) is 0 Å². The molecule has 8 nitrogen and oxygen atoms in total. The second-order valence-corrected chi connectivity index (χ2v) is 8.52. The highest BCUT2D eigenvalue weighted by atomic mass is 32.2. The normalized spacial score (nSPS) is 11.1. The Morgan fingerprint density at radius 2 is 1.84 bits per heavy atom. The highest BCUT2D eigenvalue weighted by Crippen LogP contribution is 2.33. The van der Waals surface area contributed by atoms with E-state index in [1.54, 1.807) is 49.8 Å². The number of anilines is 2. The van der Waals surface area contributed by atoms with Crippen molar-refractivity contribution in [2.75, 3.05) is 17.7 Å². The summed E-state index contributed by atoms with van der Waals surface area (Å²) in [5, 5.41) is 5.54. The number of carbonyl (C=O) groups excluding carboxylic acids is 1. The summed E-state index contributed by atoms with van der Waals surface area (Å²) in [6, 6.07) is 14.5. The lowest BCUT2D eigenvalue weighted by molar-refractivity contribution is -0.137. The van der Waals surface area contributed by atoms with Gasteiger partial charge in [-0.3, -0.25) is 4.72 Å². The number of nitrogens with zero attached hydrogens (tertiary/aromatic N) is 3. The third-order valence-electron chi connectivity index (χ3n) is 4.99. The number of carbonyl (C=O) groups is 1. The van der Waals surface area contributed by atoms with Gasteiger partial charge < -0.3 is 15.4 Å². The lowest BCUT2D eigenvalue weighted by Crippen LogP contribution is -2.22. The number of ether oxygens (including phenoxy) is 1. The molecule has 0 aliphatic rings. The molecule has 3 N–H and O–H groups in total. The van der Waals surface area contributed by atoms with Gasteiger partial charge in [0.05, 0.1) is 16.8 Å². The number of amides is 2. The lowest BCUT2D eigenvalue weighted by atomic mass is 10.2. The van der Waals surface area contributed by atoms with Crippen LogP contribution in [0.5, 0.6) is 11.6 Å². The smallest absolute Gasteiger partial charge is 0.416 e. The quantitative estimate of drug-likeness (QED) is 0.235. The zero-order valence-corrected chi connectivity index (χ0v) is 20.4. The zero-order chi connectivity index (χ0) is 26.4. The molecule has 2 amide bonds. The van der Waals surface area contributed by atoms with Gasteiger partial charge in [-0.1, -0.05) is 6.07 Å². The van der Waals surface area contributed by atoms with Crippen molar-refractivity contribution in [2.45, 2.75) is 18.0 Å². The molecular weight excluding hydrogens is 505 g/mol. The Morgan fingerprint density at radius 3 is 2.59 bits per heavy atom. The molecule has 2 aromatic carbocycles. The Kier molecular flexibility index (Phi) is 7.77. The maximum absolute atomic E-state index is 12.9. The molecule has 0 atom stereocenters. The fraction of sp³-hybridized carbons (Fsp3) is 0.120. The average molecular weight is 527 g/mol. The zero-order valence-electron chi connectivity index (χ0n) is 19.6. The minimum atomic E-state index is -4.46. The van der Waals surface area contributed by atoms with Gasteiger partial charge in [0.2, 0.25) is 11.8 Å². The molecule has 0 aliphatic heterocycles. The van der Waals surface area contributed by atoms with Crippen molar-refractivity contribution in [3.63, 3.8) is 0 Å². The van der Waals surface area contributed by atoms with Crippen molar-refractivity contribution in [2.24, 2.45) is 0 Å². The number of benzene rings is 2. The van der Waals surface area contributed by atoms with Gasteiger partial charge >= 0.3 is 12.2 Å². The summed E-state index contributed by atoms with van der Waals surface area (Å²) in [6.45, 7) is 1.81. The van der Waals surface area contributed by atoms with Crippen LogP contribution in [0.4, 0.5) is 29.6 Å². The van der Waals surface area contributed by atoms with Gasteiger partial charge in [0.1, 0.15) is 5.75 Å². The van der Waals surface area contributed by atoms with Crippen LogP contribution < -0.4 is 20.1 Å². The molecule has 2 heterocycles. The molecule has 0 fully saturated rings. The molecule has 12 heteroatoms. The summed E-state index contributed by atoms with van der Waals surface area (Å²) in [5.41, 5.74) is 1.72. The van der Waals surface area contributed by atoms with E-state index < -0.39 is 17.8 Å². The minimum Gasteiger partial charge on any atom is -0.438 e. The van der Waals surface area contributed by atoms with Crippen LogP contribution in [-0.2, 0) is 6.18 Å². The van der Waals surface area contributed by atoms with Crippen molar-refractivity contribution >= 4 is 29.6 Å². The van der Waals surface area contributed by atoms with E-state index in [4.69, 9.17) is 4.74 Å². The van der Waals surface area contributed by atoms with Crippen LogP contribution in [0.2, 0.25) is 0 Å². The fourth-order valence-corrected chi connectivity index (χ4v) is 3.83. The van der Waals surface area contributed by atoms with Crippen LogP contribution >= 0.6 is 11.9 Å². The fourth-order valence-electron chi connectivity index (χ4n) is 3.24. The number of hydrogen-bond donors (Lipinski definition) is 3. The Labute approximate surface area is 214 Å². The molecule has 0 unspecified atom stereocenters. The topological polar surface area (TPSA) is 101 Å². The number of halogens is 3. The van der Waals surface area contributed by atoms with E-state index in [0.717, 1.165) is 29.6 Å². The molecule has 4 aromatic rings. The third kappa shape index (κ3) is 6.67. The molecule has 190 valence electrons. The number of rotatable bonds is 7. The Morgan fingerprint density at radius 1 is 1.00 bits per heavy atom. The van der Waals surface area contributed by atoms with Crippen LogP contribution in [0.25, 0.3) is 11.3 Å². The van der Waals surface area contributed by atoms with E-state index in [-0.39, 0.29) is 4.90 Å². The summed E-state index contributed by atoms with van der Waals surface area (Å²) in [4.78, 5) is 25.4. The van der Waals surface area contributed by atoms with Crippen LogP contribution in [0, 0.1) is 6.92 Å². The van der Waals surface area contributed by atoms with Gasteiger partial charge in [-0.2, -0.15) is 13.2 Å². The van der Waals surface area contributed by atoms with Crippen molar-refractivity contribution < 1.29 is 22.7 Å². The molecule has 0 aliphatic carbocycles. The monoisotopic (exact) mass is 526 g/mol. The van der Waals surface area contributed by atoms with Crippen molar-refractivity contribution in [3.05, 3.63) is 84.2 Å². The first-order valence-corrected chi connectivity index (χ1v) is 11.7. The number of nitrogens with one attached hydrogen (secondary N) is 3. The number of alkyl halides is 3. The van der Waals surface area contributed by atoms with E-state index in [1.807, 2.05) is 13.0 Å². The first-order chi connectivity index (χ1) is 17.7. The highest BCUT2D eigenvalue weighted by Gasteiger charge is 2.30. The summed E-state index contributed by atoms with van der Waals surface area (Å²) < 4.78 is 47.1. The standard InChI is InChI=1S/C25H21F3N6O2S/c1-15-13-17(32-24(35)34-37-18-6-3-5-16(14-18)25(26,27)28)8-9-21(15)36-22-19(7-4-11-30-22)20-10-12-31-23(29-2)33-20/h3-14H,1-2H3,(H,29,31,33)(H2,32,34,35). The summed E-state index contributed by atoms with van der Waals surface area (Å²) in [6.07, 6.45) is -1.22. The lowest BCUT2D eigenvalue weighted by Gasteiger charge is -2.13. The summed E-state index contributed by atoms with van der Waals surface area (Å²) >= 11 is 0.779. The SMILES string of the molecule is CNc1nccc(-c2cccnc2Oc2ccc(NC(=O)NSc3cccc(C(F)(F)F)c3)cc2C)n1. The molecule has 37 heavy (non-hydrogen) atoms. The number of urea groups is 1. The van der Waals surface area contributed by atoms with Crippen LogP contribution in [-0.4, -0.2) is 28.0 Å². The number of aromatic nitrogens is 3. The van der Waals surface area contributed by atoms with E-state index in [2.05, 4.69) is 30.3 Å². The van der Waals surface area contributed by atoms with E-state index in [1.165, 1.54) is 12.1 Å². The summed E-state index contributed by atoms with van der Waals surface area (Å²) in [7, 11) is 1.73. The molecule has 0 spiro atoms. The van der Waals surface area contributed by atoms with Gasteiger partial charge in [-0.25, -0.2) is 19.7 Å². The average Bonchev–Trinajstić information content (AvgIpc) is 2.89. The van der Waals surface area contributed by atoms with Gasteiger partial charge in [0, 0.05) is 30.0 Å². The van der Waals surface area contributed by atoms with E-state index >= 15 is 0 Å². The van der Waals surface area contributed by atoms with Crippen molar-refractivity contribution in [3.8, 4) is 22.9 Å². The molecule has 0 radical (unpaired) electrons. The maximum atomic E-state index is 12.9. The van der Waals surface area contributed by atoms with Crippen molar-refractivity contribution in [1.82, 2.24) is 19.7 Å². The molecule has 0 bridgehead atoms. The van der Waals surface area contributed by atoms with E-state index in [0.29, 0.717) is 34.5 Å². The molecule has 0 saturated carbocycles.